The predicted molar refractivity (Wildman–Crippen MR) is 54.8 cm³/mol. The molecule has 11 heteroatoms. The number of H-pyrrole nitrogens is 2. The highest BCUT2D eigenvalue weighted by Gasteiger charge is 2.07. The Morgan fingerprint density at radius 1 is 1.00 bits per heavy atom. The van der Waals surface area contributed by atoms with Crippen molar-refractivity contribution in [3.8, 4) is 0 Å². The Balaban J connectivity index is 1.69. The number of nitrogens with one attached hydrogen (secondary N) is 2. The third-order valence-corrected chi connectivity index (χ3v) is 3.22. The van der Waals surface area contributed by atoms with Crippen LogP contribution in [0.1, 0.15) is 0 Å². The van der Waals surface area contributed by atoms with Crippen molar-refractivity contribution >= 4 is 29.3 Å². The number of hydrogen-bond donors (Lipinski definition) is 2. The molecule has 0 spiro atoms. The van der Waals surface area contributed by atoms with E-state index < -0.39 is 0 Å². The molecule has 0 atom stereocenters. The molecule has 9 nitrogen and oxygen atoms in total. The minimum Gasteiger partial charge on any atom is -0.298 e. The van der Waals surface area contributed by atoms with Crippen LogP contribution in [0.15, 0.2) is 10.3 Å². The molecule has 0 aliphatic heterocycles. The first-order valence-corrected chi connectivity index (χ1v) is 6.06. The first kappa shape index (κ1) is 11.0. The zero-order valence-electron chi connectivity index (χ0n) is 7.82. The van der Waals surface area contributed by atoms with E-state index in [0.29, 0.717) is 21.8 Å². The van der Waals surface area contributed by atoms with Crippen LogP contribution in [0, 0.1) is 0 Å². The van der Waals surface area contributed by atoms with Crippen molar-refractivity contribution in [3.63, 3.8) is 0 Å². The van der Waals surface area contributed by atoms with Gasteiger partial charge in [-0.05, 0) is 20.9 Å². The highest BCUT2D eigenvalue weighted by molar-refractivity contribution is 8.01. The Labute approximate surface area is 97.5 Å². The van der Waals surface area contributed by atoms with Crippen molar-refractivity contribution < 1.29 is 4.79 Å². The van der Waals surface area contributed by atoms with Crippen LogP contribution in [0.4, 0.5) is 0 Å². The number of rotatable bonds is 6. The molecule has 0 aromatic carbocycles. The summed E-state index contributed by atoms with van der Waals surface area (Å²) in [6, 6.07) is 0. The number of tetrazole rings is 2. The van der Waals surface area contributed by atoms with E-state index in [0.717, 1.165) is 0 Å². The lowest BCUT2D eigenvalue weighted by atomic mass is 10.5. The number of aromatic amines is 2. The summed E-state index contributed by atoms with van der Waals surface area (Å²) in [5.41, 5.74) is 0. The summed E-state index contributed by atoms with van der Waals surface area (Å²) in [5.74, 6) is 0.680. The van der Waals surface area contributed by atoms with Gasteiger partial charge in [-0.25, -0.2) is 10.2 Å². The molecule has 0 saturated carbocycles. The third kappa shape index (κ3) is 3.27. The molecular weight excluding hydrogens is 252 g/mol. The quantitative estimate of drug-likeness (QED) is 0.638. The lowest BCUT2D eigenvalue weighted by Gasteiger charge is -1.95. The molecular formula is C5H6N8OS2. The number of hydrogen-bond acceptors (Lipinski definition) is 9. The maximum absolute atomic E-state index is 11.4. The first-order chi connectivity index (χ1) is 7.84. The first-order valence-electron chi connectivity index (χ1n) is 4.09. The highest BCUT2D eigenvalue weighted by Crippen LogP contribution is 2.14. The van der Waals surface area contributed by atoms with Crippen molar-refractivity contribution in [1.82, 2.24) is 41.2 Å². The van der Waals surface area contributed by atoms with Gasteiger partial charge >= 0.3 is 0 Å². The average Bonchev–Trinajstić information content (AvgIpc) is 2.96. The van der Waals surface area contributed by atoms with E-state index in [4.69, 9.17) is 0 Å². The molecule has 2 N–H and O–H groups in total. The van der Waals surface area contributed by atoms with Crippen molar-refractivity contribution in [2.45, 2.75) is 10.3 Å². The molecule has 0 amide bonds. The Bertz CT molecular complexity index is 387. The summed E-state index contributed by atoms with van der Waals surface area (Å²) in [6.07, 6.45) is 0. The van der Waals surface area contributed by atoms with Crippen LogP contribution in [0.25, 0.3) is 0 Å². The van der Waals surface area contributed by atoms with Gasteiger partial charge < -0.3 is 0 Å². The molecule has 0 fully saturated rings. The second-order valence-electron chi connectivity index (χ2n) is 2.53. The van der Waals surface area contributed by atoms with Crippen LogP contribution in [-0.4, -0.2) is 58.5 Å². The summed E-state index contributed by atoms with van der Waals surface area (Å²) in [7, 11) is 0. The Hall–Kier alpha value is -1.49. The molecule has 2 aromatic heterocycles. The summed E-state index contributed by atoms with van der Waals surface area (Å²) < 4.78 is 0. The fraction of sp³-hybridized carbons (Fsp3) is 0.400. The molecule has 16 heavy (non-hydrogen) atoms. The van der Waals surface area contributed by atoms with E-state index in [9.17, 15) is 4.79 Å². The monoisotopic (exact) mass is 258 g/mol. The van der Waals surface area contributed by atoms with Gasteiger partial charge in [-0.1, -0.05) is 23.5 Å². The largest absolute Gasteiger partial charge is 0.298 e. The van der Waals surface area contributed by atoms with Crippen molar-refractivity contribution in [1.29, 1.82) is 0 Å². The van der Waals surface area contributed by atoms with Crippen LogP contribution in [0.2, 0.25) is 0 Å². The van der Waals surface area contributed by atoms with Crippen molar-refractivity contribution in [2.75, 3.05) is 11.5 Å². The molecule has 0 aliphatic carbocycles. The molecule has 0 radical (unpaired) electrons. The molecule has 84 valence electrons. The average molecular weight is 258 g/mol. The van der Waals surface area contributed by atoms with E-state index in [-0.39, 0.29) is 5.78 Å². The van der Waals surface area contributed by atoms with Gasteiger partial charge in [0.2, 0.25) is 10.3 Å². The van der Waals surface area contributed by atoms with Gasteiger partial charge in [0, 0.05) is 0 Å². The summed E-state index contributed by atoms with van der Waals surface area (Å²) >= 11 is 2.51. The molecule has 0 aliphatic rings. The Morgan fingerprint density at radius 3 is 1.88 bits per heavy atom. The minimum absolute atomic E-state index is 0.0581. The summed E-state index contributed by atoms with van der Waals surface area (Å²) in [5, 5.41) is 27.0. The number of aromatic nitrogens is 8. The number of ketones is 1. The van der Waals surface area contributed by atoms with Gasteiger partial charge in [0.15, 0.2) is 5.78 Å². The standard InChI is InChI=1S/C5H6N8OS2/c14-3(1-15-4-6-10-11-7-4)2-16-5-8-12-13-9-5/h1-2H2,(H,6,7,10,11)(H,8,9,12,13). The molecule has 2 rings (SSSR count). The van der Waals surface area contributed by atoms with Gasteiger partial charge in [-0.3, -0.25) is 4.79 Å². The summed E-state index contributed by atoms with van der Waals surface area (Å²) in [6.45, 7) is 0. The highest BCUT2D eigenvalue weighted by atomic mass is 32.2. The Kier molecular flexibility index (Phi) is 3.82. The number of carbonyl (C=O) groups is 1. The van der Waals surface area contributed by atoms with E-state index in [1.54, 1.807) is 0 Å². The van der Waals surface area contributed by atoms with E-state index in [1.807, 2.05) is 0 Å². The van der Waals surface area contributed by atoms with Crippen molar-refractivity contribution in [3.05, 3.63) is 0 Å². The van der Waals surface area contributed by atoms with Crippen molar-refractivity contribution in [2.24, 2.45) is 0 Å². The van der Waals surface area contributed by atoms with Crippen LogP contribution < -0.4 is 0 Å². The van der Waals surface area contributed by atoms with Crippen LogP contribution >= 0.6 is 23.5 Å². The zero-order valence-corrected chi connectivity index (χ0v) is 9.46. The fourth-order valence-electron chi connectivity index (χ4n) is 0.763. The number of Topliss-reactive ketones (excluding diaryl/α,β-unsaturated/α-hetero) is 1. The molecule has 0 saturated heterocycles. The lowest BCUT2D eigenvalue weighted by molar-refractivity contribution is -0.114. The number of carbonyl (C=O) groups excluding carboxylic acids is 1. The maximum Gasteiger partial charge on any atom is 0.207 e. The SMILES string of the molecule is O=C(CSc1nnn[nH]1)CSc1nnn[nH]1. The number of nitrogens with zero attached hydrogens (tertiary/aromatic N) is 6. The third-order valence-electron chi connectivity index (χ3n) is 1.39. The molecule has 0 bridgehead atoms. The van der Waals surface area contributed by atoms with Gasteiger partial charge in [0.1, 0.15) is 0 Å². The summed E-state index contributed by atoms with van der Waals surface area (Å²) in [4.78, 5) is 11.4. The maximum atomic E-state index is 11.4. The smallest absolute Gasteiger partial charge is 0.207 e. The molecule has 2 aromatic rings. The topological polar surface area (TPSA) is 126 Å². The normalized spacial score (nSPS) is 10.5. The van der Waals surface area contributed by atoms with Crippen LogP contribution in [-0.2, 0) is 4.79 Å². The predicted octanol–water partition coefficient (Wildman–Crippen LogP) is -0.834. The molecule has 0 unspecified atom stereocenters. The van der Waals surface area contributed by atoms with E-state index >= 15 is 0 Å². The number of thioether (sulfide) groups is 2. The second kappa shape index (κ2) is 5.55. The van der Waals surface area contributed by atoms with Gasteiger partial charge in [0.05, 0.1) is 11.5 Å². The van der Waals surface area contributed by atoms with E-state index in [1.165, 1.54) is 23.5 Å². The van der Waals surface area contributed by atoms with Gasteiger partial charge in [0.25, 0.3) is 0 Å². The van der Waals surface area contributed by atoms with E-state index in [2.05, 4.69) is 41.2 Å². The van der Waals surface area contributed by atoms with Gasteiger partial charge in [-0.15, -0.1) is 10.2 Å². The second-order valence-corrected chi connectivity index (χ2v) is 4.46. The Morgan fingerprint density at radius 2 is 1.50 bits per heavy atom. The van der Waals surface area contributed by atoms with Crippen LogP contribution in [0.3, 0.4) is 0 Å². The van der Waals surface area contributed by atoms with Gasteiger partial charge in [-0.2, -0.15) is 0 Å². The fourth-order valence-corrected chi connectivity index (χ4v) is 2.09. The molecule has 2 heterocycles. The zero-order chi connectivity index (χ0) is 11.2. The lowest BCUT2D eigenvalue weighted by Crippen LogP contribution is -2.05. The minimum atomic E-state index is 0.0581. The van der Waals surface area contributed by atoms with Crippen LogP contribution in [0.5, 0.6) is 0 Å².